The Bertz CT molecular complexity index is 1050. The van der Waals surface area contributed by atoms with Gasteiger partial charge in [0.15, 0.2) is 5.65 Å². The van der Waals surface area contributed by atoms with E-state index in [0.29, 0.717) is 23.7 Å². The molecule has 26 heavy (non-hydrogen) atoms. The molecule has 0 saturated carbocycles. The van der Waals surface area contributed by atoms with E-state index >= 15 is 0 Å². The standard InChI is InChI=1S/C17H15ClN6OS/c1-23-16(12(18)10-20-23)17(25)19-6-4-11-9-15-21-13(5-7-24(15)22-11)14-3-2-8-26-14/h2-3,5,7-10H,4,6H2,1H3,(H,19,25). The number of nitrogens with zero attached hydrogens (tertiary/aromatic N) is 5. The van der Waals surface area contributed by atoms with Gasteiger partial charge in [0.25, 0.3) is 5.91 Å². The van der Waals surface area contributed by atoms with Gasteiger partial charge in [-0.05, 0) is 17.5 Å². The monoisotopic (exact) mass is 386 g/mol. The maximum absolute atomic E-state index is 12.2. The van der Waals surface area contributed by atoms with E-state index in [-0.39, 0.29) is 5.91 Å². The number of halogens is 1. The third-order valence-electron chi connectivity index (χ3n) is 3.92. The van der Waals surface area contributed by atoms with Crippen LogP contribution in [0, 0.1) is 0 Å². The number of carbonyl (C=O) groups excluding carboxylic acids is 1. The normalized spacial score (nSPS) is 11.2. The first kappa shape index (κ1) is 16.7. The minimum atomic E-state index is -0.253. The van der Waals surface area contributed by atoms with E-state index in [1.165, 1.54) is 10.9 Å². The van der Waals surface area contributed by atoms with E-state index < -0.39 is 0 Å². The van der Waals surface area contributed by atoms with Gasteiger partial charge in [-0.25, -0.2) is 9.50 Å². The summed E-state index contributed by atoms with van der Waals surface area (Å²) in [7, 11) is 1.68. The Labute approximate surface area is 158 Å². The molecule has 0 aromatic carbocycles. The lowest BCUT2D eigenvalue weighted by Crippen LogP contribution is -2.28. The van der Waals surface area contributed by atoms with Crippen molar-refractivity contribution in [2.45, 2.75) is 6.42 Å². The van der Waals surface area contributed by atoms with Gasteiger partial charge in [0, 0.05) is 32.3 Å². The number of fused-ring (bicyclic) bond motifs is 1. The predicted octanol–water partition coefficient (Wildman–Crippen LogP) is 2.82. The molecule has 0 aliphatic heterocycles. The Morgan fingerprint density at radius 1 is 1.38 bits per heavy atom. The highest BCUT2D eigenvalue weighted by atomic mass is 35.5. The van der Waals surface area contributed by atoms with Crippen molar-refractivity contribution in [1.82, 2.24) is 29.7 Å². The van der Waals surface area contributed by atoms with Crippen LogP contribution < -0.4 is 5.32 Å². The first-order chi connectivity index (χ1) is 12.6. The summed E-state index contributed by atoms with van der Waals surface area (Å²) in [5, 5.41) is 13.7. The summed E-state index contributed by atoms with van der Waals surface area (Å²) in [4.78, 5) is 18.0. The van der Waals surface area contributed by atoms with Gasteiger partial charge in [-0.3, -0.25) is 9.48 Å². The number of carbonyl (C=O) groups is 1. The van der Waals surface area contributed by atoms with Crippen LogP contribution in [0.3, 0.4) is 0 Å². The average Bonchev–Trinajstić information content (AvgIpc) is 3.34. The predicted molar refractivity (Wildman–Crippen MR) is 101 cm³/mol. The molecule has 1 N–H and O–H groups in total. The zero-order valence-corrected chi connectivity index (χ0v) is 15.5. The molecule has 132 valence electrons. The van der Waals surface area contributed by atoms with E-state index in [1.54, 1.807) is 22.9 Å². The Morgan fingerprint density at radius 2 is 2.27 bits per heavy atom. The molecule has 0 saturated heterocycles. The number of nitrogens with one attached hydrogen (secondary N) is 1. The van der Waals surface area contributed by atoms with E-state index in [2.05, 4.69) is 20.5 Å². The van der Waals surface area contributed by atoms with Crippen LogP contribution in [0.4, 0.5) is 0 Å². The number of hydrogen-bond acceptors (Lipinski definition) is 5. The quantitative estimate of drug-likeness (QED) is 0.572. The van der Waals surface area contributed by atoms with Gasteiger partial charge in [-0.1, -0.05) is 17.7 Å². The van der Waals surface area contributed by atoms with Crippen molar-refractivity contribution in [3.63, 3.8) is 0 Å². The lowest BCUT2D eigenvalue weighted by Gasteiger charge is -2.04. The van der Waals surface area contributed by atoms with Crippen molar-refractivity contribution in [1.29, 1.82) is 0 Å². The number of aryl methyl sites for hydroxylation is 1. The highest BCUT2D eigenvalue weighted by Crippen LogP contribution is 2.23. The van der Waals surface area contributed by atoms with Crippen molar-refractivity contribution in [2.75, 3.05) is 6.54 Å². The molecule has 0 spiro atoms. The van der Waals surface area contributed by atoms with Gasteiger partial charge in [0.05, 0.1) is 27.5 Å². The first-order valence-electron chi connectivity index (χ1n) is 7.97. The second-order valence-electron chi connectivity index (χ2n) is 5.70. The number of hydrogen-bond donors (Lipinski definition) is 1. The number of amides is 1. The second-order valence-corrected chi connectivity index (χ2v) is 7.05. The largest absolute Gasteiger partial charge is 0.350 e. The van der Waals surface area contributed by atoms with E-state index in [9.17, 15) is 4.79 Å². The molecule has 4 rings (SSSR count). The summed E-state index contributed by atoms with van der Waals surface area (Å²) in [5.41, 5.74) is 2.92. The van der Waals surface area contributed by atoms with Crippen LogP contribution in [-0.4, -0.2) is 36.8 Å². The summed E-state index contributed by atoms with van der Waals surface area (Å²) < 4.78 is 3.20. The number of thiophene rings is 1. The molecule has 4 heterocycles. The van der Waals surface area contributed by atoms with Crippen LogP contribution in [-0.2, 0) is 13.5 Å². The molecule has 1 amide bonds. The molecule has 0 unspecified atom stereocenters. The minimum Gasteiger partial charge on any atom is -0.350 e. The van der Waals surface area contributed by atoms with Crippen LogP contribution >= 0.6 is 22.9 Å². The molecule has 7 nitrogen and oxygen atoms in total. The Kier molecular flexibility index (Phi) is 4.44. The highest BCUT2D eigenvalue weighted by Gasteiger charge is 2.15. The number of rotatable bonds is 5. The molecule has 4 aromatic heterocycles. The van der Waals surface area contributed by atoms with Crippen molar-refractivity contribution in [2.24, 2.45) is 7.05 Å². The fraction of sp³-hybridized carbons (Fsp3) is 0.176. The van der Waals surface area contributed by atoms with Crippen LogP contribution in [0.5, 0.6) is 0 Å². The summed E-state index contributed by atoms with van der Waals surface area (Å²) in [6, 6.07) is 7.92. The molecular formula is C17H15ClN6OS. The van der Waals surface area contributed by atoms with Crippen LogP contribution in [0.2, 0.25) is 5.02 Å². The lowest BCUT2D eigenvalue weighted by molar-refractivity contribution is 0.0945. The van der Waals surface area contributed by atoms with Gasteiger partial charge in [0.2, 0.25) is 0 Å². The first-order valence-corrected chi connectivity index (χ1v) is 9.22. The van der Waals surface area contributed by atoms with Gasteiger partial charge in [-0.2, -0.15) is 10.2 Å². The van der Waals surface area contributed by atoms with Crippen molar-refractivity contribution < 1.29 is 4.79 Å². The minimum absolute atomic E-state index is 0.253. The Morgan fingerprint density at radius 3 is 3.00 bits per heavy atom. The summed E-state index contributed by atoms with van der Waals surface area (Å²) in [6.07, 6.45) is 3.95. The lowest BCUT2D eigenvalue weighted by atomic mass is 10.3. The molecule has 4 aromatic rings. The van der Waals surface area contributed by atoms with Crippen molar-refractivity contribution in [3.05, 3.63) is 58.4 Å². The highest BCUT2D eigenvalue weighted by molar-refractivity contribution is 7.13. The number of aromatic nitrogens is 5. The zero-order chi connectivity index (χ0) is 18.1. The van der Waals surface area contributed by atoms with Crippen LogP contribution in [0.25, 0.3) is 16.2 Å². The molecule has 9 heteroatoms. The third-order valence-corrected chi connectivity index (χ3v) is 5.09. The fourth-order valence-electron chi connectivity index (χ4n) is 2.67. The second kappa shape index (κ2) is 6.89. The summed E-state index contributed by atoms with van der Waals surface area (Å²) in [6.45, 7) is 0.446. The van der Waals surface area contributed by atoms with Crippen LogP contribution in [0.15, 0.2) is 42.0 Å². The van der Waals surface area contributed by atoms with Gasteiger partial charge in [-0.15, -0.1) is 11.3 Å². The Balaban J connectivity index is 1.44. The molecule has 0 aliphatic carbocycles. The molecule has 0 radical (unpaired) electrons. The smallest absolute Gasteiger partial charge is 0.271 e. The topological polar surface area (TPSA) is 77.1 Å². The molecular weight excluding hydrogens is 372 g/mol. The zero-order valence-electron chi connectivity index (χ0n) is 13.9. The Hall–Kier alpha value is -2.71. The van der Waals surface area contributed by atoms with Crippen molar-refractivity contribution in [3.8, 4) is 10.6 Å². The summed E-state index contributed by atoms with van der Waals surface area (Å²) >= 11 is 7.63. The SMILES string of the molecule is Cn1ncc(Cl)c1C(=O)NCCc1cc2nc(-c3cccs3)ccn2n1. The van der Waals surface area contributed by atoms with Gasteiger partial charge < -0.3 is 5.32 Å². The molecule has 0 aliphatic rings. The van der Waals surface area contributed by atoms with E-state index in [0.717, 1.165) is 21.9 Å². The summed E-state index contributed by atoms with van der Waals surface area (Å²) in [5.74, 6) is -0.253. The van der Waals surface area contributed by atoms with E-state index in [4.69, 9.17) is 11.6 Å². The van der Waals surface area contributed by atoms with Gasteiger partial charge >= 0.3 is 0 Å². The maximum Gasteiger partial charge on any atom is 0.271 e. The van der Waals surface area contributed by atoms with Crippen molar-refractivity contribution >= 4 is 34.5 Å². The third kappa shape index (κ3) is 3.21. The van der Waals surface area contributed by atoms with Gasteiger partial charge in [0.1, 0.15) is 5.69 Å². The molecule has 0 atom stereocenters. The molecule has 0 fully saturated rings. The molecule has 0 bridgehead atoms. The van der Waals surface area contributed by atoms with E-state index in [1.807, 2.05) is 35.8 Å². The maximum atomic E-state index is 12.2. The fourth-order valence-corrected chi connectivity index (χ4v) is 3.61. The average molecular weight is 387 g/mol. The van der Waals surface area contributed by atoms with Crippen LogP contribution in [0.1, 0.15) is 16.2 Å².